The summed E-state index contributed by atoms with van der Waals surface area (Å²) in [5, 5.41) is 2.95. The third kappa shape index (κ3) is 3.89. The maximum atomic E-state index is 12.3. The third-order valence-corrected chi connectivity index (χ3v) is 4.63. The summed E-state index contributed by atoms with van der Waals surface area (Å²) in [5.41, 5.74) is 0.853. The fraction of sp³-hybridized carbons (Fsp3) is 0.312. The zero-order valence-electron chi connectivity index (χ0n) is 11.7. The number of rotatable bonds is 4. The minimum absolute atomic E-state index is 0.0334. The van der Waals surface area contributed by atoms with Crippen LogP contribution in [0.15, 0.2) is 53.1 Å². The number of carbonyl (C=O) groups excluding carboxylic acids is 1. The Labute approximate surface area is 128 Å². The molecule has 1 aliphatic rings. The Morgan fingerprint density at radius 2 is 2.14 bits per heavy atom. The smallest absolute Gasteiger partial charge is 0.238 e. The number of nitrogens with one attached hydrogen (secondary N) is 1. The van der Waals surface area contributed by atoms with Crippen LogP contribution in [0.1, 0.15) is 5.76 Å². The van der Waals surface area contributed by atoms with Crippen molar-refractivity contribution in [1.29, 1.82) is 0 Å². The average molecular weight is 302 g/mol. The van der Waals surface area contributed by atoms with E-state index in [9.17, 15) is 4.79 Å². The highest BCUT2D eigenvalue weighted by Gasteiger charge is 2.26. The van der Waals surface area contributed by atoms with Crippen molar-refractivity contribution in [3.05, 3.63) is 54.5 Å². The summed E-state index contributed by atoms with van der Waals surface area (Å²) in [6.07, 6.45) is 1.69. The SMILES string of the molecule is O=C(Nc1ccccc1)C1CN(Cc2ccco2)CCS1. The summed E-state index contributed by atoms with van der Waals surface area (Å²) < 4.78 is 5.38. The van der Waals surface area contributed by atoms with E-state index >= 15 is 0 Å². The van der Waals surface area contributed by atoms with E-state index in [1.54, 1.807) is 18.0 Å². The molecule has 1 fully saturated rings. The molecule has 4 nitrogen and oxygen atoms in total. The van der Waals surface area contributed by atoms with Crippen molar-refractivity contribution in [3.63, 3.8) is 0 Å². The minimum Gasteiger partial charge on any atom is -0.468 e. The van der Waals surface area contributed by atoms with Crippen LogP contribution in [0.5, 0.6) is 0 Å². The lowest BCUT2D eigenvalue weighted by molar-refractivity contribution is -0.116. The van der Waals surface area contributed by atoms with Gasteiger partial charge in [0.2, 0.25) is 5.91 Å². The fourth-order valence-corrected chi connectivity index (χ4v) is 3.55. The quantitative estimate of drug-likeness (QED) is 0.943. The Morgan fingerprint density at radius 1 is 1.29 bits per heavy atom. The number of furan rings is 1. The van der Waals surface area contributed by atoms with E-state index in [1.807, 2.05) is 42.5 Å². The molecule has 1 N–H and O–H groups in total. The zero-order valence-corrected chi connectivity index (χ0v) is 12.5. The van der Waals surface area contributed by atoms with Crippen LogP contribution in [0, 0.1) is 0 Å². The van der Waals surface area contributed by atoms with Crippen LogP contribution < -0.4 is 5.32 Å². The van der Waals surface area contributed by atoms with Crippen molar-refractivity contribution in [2.24, 2.45) is 0 Å². The molecule has 0 bridgehead atoms. The van der Waals surface area contributed by atoms with Crippen molar-refractivity contribution < 1.29 is 9.21 Å². The van der Waals surface area contributed by atoms with Gasteiger partial charge >= 0.3 is 0 Å². The normalized spacial score (nSPS) is 19.3. The summed E-state index contributed by atoms with van der Waals surface area (Å²) >= 11 is 1.72. The number of carbonyl (C=O) groups is 1. The summed E-state index contributed by atoms with van der Waals surface area (Å²) in [6, 6.07) is 13.5. The van der Waals surface area contributed by atoms with Crippen molar-refractivity contribution >= 4 is 23.4 Å². The maximum absolute atomic E-state index is 12.3. The number of para-hydroxylation sites is 1. The second-order valence-corrected chi connectivity index (χ2v) is 6.34. The monoisotopic (exact) mass is 302 g/mol. The lowest BCUT2D eigenvalue weighted by Gasteiger charge is -2.30. The number of benzene rings is 1. The molecular formula is C16H18N2O2S. The summed E-state index contributed by atoms with van der Waals surface area (Å²) in [5.74, 6) is 1.99. The van der Waals surface area contributed by atoms with E-state index in [1.165, 1.54) is 0 Å². The van der Waals surface area contributed by atoms with Crippen molar-refractivity contribution in [2.75, 3.05) is 24.2 Å². The number of hydrogen-bond acceptors (Lipinski definition) is 4. The summed E-state index contributed by atoms with van der Waals surface area (Å²) in [7, 11) is 0. The summed E-state index contributed by atoms with van der Waals surface area (Å²) in [4.78, 5) is 14.6. The fourth-order valence-electron chi connectivity index (χ4n) is 2.37. The van der Waals surface area contributed by atoms with Crippen molar-refractivity contribution in [2.45, 2.75) is 11.8 Å². The van der Waals surface area contributed by atoms with Gasteiger partial charge < -0.3 is 9.73 Å². The van der Waals surface area contributed by atoms with E-state index < -0.39 is 0 Å². The van der Waals surface area contributed by atoms with Gasteiger partial charge in [0, 0.05) is 24.5 Å². The first-order valence-electron chi connectivity index (χ1n) is 7.03. The van der Waals surface area contributed by atoms with E-state index in [0.29, 0.717) is 0 Å². The summed E-state index contributed by atoms with van der Waals surface area (Å²) in [6.45, 7) is 2.51. The van der Waals surface area contributed by atoms with Crippen LogP contribution in [-0.2, 0) is 11.3 Å². The van der Waals surface area contributed by atoms with Gasteiger partial charge in [-0.25, -0.2) is 0 Å². The molecule has 1 aromatic carbocycles. The molecule has 21 heavy (non-hydrogen) atoms. The number of hydrogen-bond donors (Lipinski definition) is 1. The Balaban J connectivity index is 1.56. The van der Waals surface area contributed by atoms with E-state index in [2.05, 4.69) is 10.2 Å². The van der Waals surface area contributed by atoms with Gasteiger partial charge in [-0.05, 0) is 24.3 Å². The predicted octanol–water partition coefficient (Wildman–Crippen LogP) is 2.84. The molecular weight excluding hydrogens is 284 g/mol. The molecule has 0 radical (unpaired) electrons. The standard InChI is InChI=1S/C16H18N2O2S/c19-16(17-13-5-2-1-3-6-13)15-12-18(8-10-21-15)11-14-7-4-9-20-14/h1-7,9,15H,8,10-12H2,(H,17,19). The molecule has 0 saturated carbocycles. The molecule has 1 aromatic heterocycles. The molecule has 2 aromatic rings. The largest absolute Gasteiger partial charge is 0.468 e. The van der Waals surface area contributed by atoms with Crippen LogP contribution >= 0.6 is 11.8 Å². The maximum Gasteiger partial charge on any atom is 0.238 e. The van der Waals surface area contributed by atoms with Crippen LogP contribution in [-0.4, -0.2) is 34.9 Å². The van der Waals surface area contributed by atoms with Crippen LogP contribution in [0.3, 0.4) is 0 Å². The second kappa shape index (κ2) is 6.83. The molecule has 5 heteroatoms. The first-order chi connectivity index (χ1) is 10.3. The lowest BCUT2D eigenvalue weighted by Crippen LogP contribution is -2.42. The van der Waals surface area contributed by atoms with Gasteiger partial charge in [0.15, 0.2) is 0 Å². The molecule has 1 saturated heterocycles. The topological polar surface area (TPSA) is 45.5 Å². The molecule has 3 rings (SSSR count). The number of anilines is 1. The van der Waals surface area contributed by atoms with Crippen molar-refractivity contribution in [1.82, 2.24) is 4.90 Å². The average Bonchev–Trinajstić information content (AvgIpc) is 3.01. The Hall–Kier alpha value is -1.72. The highest BCUT2D eigenvalue weighted by molar-refractivity contribution is 8.00. The predicted molar refractivity (Wildman–Crippen MR) is 85.3 cm³/mol. The van der Waals surface area contributed by atoms with Gasteiger partial charge in [0.1, 0.15) is 5.76 Å². The van der Waals surface area contributed by atoms with E-state index in [4.69, 9.17) is 4.42 Å². The third-order valence-electron chi connectivity index (χ3n) is 3.44. The Kier molecular flexibility index (Phi) is 4.62. The van der Waals surface area contributed by atoms with Gasteiger partial charge in [-0.1, -0.05) is 18.2 Å². The zero-order chi connectivity index (χ0) is 14.5. The number of amides is 1. The molecule has 110 valence electrons. The van der Waals surface area contributed by atoms with Gasteiger partial charge in [-0.3, -0.25) is 9.69 Å². The molecule has 1 amide bonds. The second-order valence-electron chi connectivity index (χ2n) is 5.03. The van der Waals surface area contributed by atoms with E-state index in [-0.39, 0.29) is 11.2 Å². The van der Waals surface area contributed by atoms with Crippen LogP contribution in [0.2, 0.25) is 0 Å². The lowest BCUT2D eigenvalue weighted by atomic mass is 10.2. The van der Waals surface area contributed by atoms with Crippen molar-refractivity contribution in [3.8, 4) is 0 Å². The Bertz CT molecular complexity index is 571. The molecule has 2 heterocycles. The molecule has 1 unspecified atom stereocenters. The first-order valence-corrected chi connectivity index (χ1v) is 8.08. The highest BCUT2D eigenvalue weighted by Crippen LogP contribution is 2.22. The van der Waals surface area contributed by atoms with E-state index in [0.717, 1.165) is 36.8 Å². The Morgan fingerprint density at radius 3 is 2.90 bits per heavy atom. The molecule has 0 aliphatic carbocycles. The van der Waals surface area contributed by atoms with Gasteiger partial charge in [0.25, 0.3) is 0 Å². The molecule has 1 aliphatic heterocycles. The molecule has 1 atom stereocenters. The highest BCUT2D eigenvalue weighted by atomic mass is 32.2. The minimum atomic E-state index is -0.0334. The van der Waals surface area contributed by atoms with Crippen LogP contribution in [0.25, 0.3) is 0 Å². The van der Waals surface area contributed by atoms with Gasteiger partial charge in [-0.15, -0.1) is 11.8 Å². The van der Waals surface area contributed by atoms with Gasteiger partial charge in [0.05, 0.1) is 18.1 Å². The number of nitrogens with zero attached hydrogens (tertiary/aromatic N) is 1. The molecule has 0 spiro atoms. The van der Waals surface area contributed by atoms with Gasteiger partial charge in [-0.2, -0.15) is 0 Å². The first kappa shape index (κ1) is 14.2. The van der Waals surface area contributed by atoms with Crippen LogP contribution in [0.4, 0.5) is 5.69 Å². The number of thioether (sulfide) groups is 1.